The van der Waals surface area contributed by atoms with Gasteiger partial charge in [-0.1, -0.05) is 19.1 Å². The maximum absolute atomic E-state index is 13.3. The summed E-state index contributed by atoms with van der Waals surface area (Å²) in [5.41, 5.74) is 1.08. The highest BCUT2D eigenvalue weighted by Gasteiger charge is 2.28. The smallest absolute Gasteiger partial charge is 0.304 e. The van der Waals surface area contributed by atoms with Gasteiger partial charge in [0.15, 0.2) is 0 Å². The van der Waals surface area contributed by atoms with Gasteiger partial charge in [0.05, 0.1) is 18.8 Å². The molecule has 0 saturated carbocycles. The van der Waals surface area contributed by atoms with E-state index in [0.717, 1.165) is 26.3 Å². The molecule has 0 radical (unpaired) electrons. The maximum Gasteiger partial charge on any atom is 0.304 e. The quantitative estimate of drug-likeness (QED) is 0.673. The van der Waals surface area contributed by atoms with Crippen LogP contribution in [-0.4, -0.2) is 46.4 Å². The van der Waals surface area contributed by atoms with E-state index in [0.29, 0.717) is 12.2 Å². The zero-order valence-corrected chi connectivity index (χ0v) is 17.7. The first-order chi connectivity index (χ1) is 13.7. The monoisotopic (exact) mass is 423 g/mol. The van der Waals surface area contributed by atoms with Gasteiger partial charge in [0.2, 0.25) is 5.91 Å². The van der Waals surface area contributed by atoms with Gasteiger partial charge >= 0.3 is 10.2 Å². The van der Waals surface area contributed by atoms with Crippen LogP contribution in [0.4, 0.5) is 10.1 Å². The van der Waals surface area contributed by atoms with E-state index in [1.807, 2.05) is 19.1 Å². The summed E-state index contributed by atoms with van der Waals surface area (Å²) in [5.74, 6) is -0.261. The Morgan fingerprint density at radius 2 is 1.69 bits per heavy atom. The zero-order chi connectivity index (χ0) is 21.6. The molecule has 0 heterocycles. The summed E-state index contributed by atoms with van der Waals surface area (Å²) in [6, 6.07) is 12.0. The van der Waals surface area contributed by atoms with Gasteiger partial charge in [-0.3, -0.25) is 4.79 Å². The van der Waals surface area contributed by atoms with Crippen LogP contribution in [0.5, 0.6) is 5.75 Å². The Balaban J connectivity index is 2.22. The van der Waals surface area contributed by atoms with E-state index in [9.17, 15) is 17.6 Å². The molecular formula is C20H26FN3O4S. The van der Waals surface area contributed by atoms with Gasteiger partial charge in [-0.05, 0) is 48.4 Å². The molecule has 29 heavy (non-hydrogen) atoms. The second-order valence-corrected chi connectivity index (χ2v) is 8.64. The molecule has 158 valence electrons. The summed E-state index contributed by atoms with van der Waals surface area (Å²) in [6.45, 7) is 1.49. The molecule has 2 aromatic rings. The predicted octanol–water partition coefficient (Wildman–Crippen LogP) is 2.71. The number of methoxy groups -OCH3 is 1. The summed E-state index contributed by atoms with van der Waals surface area (Å²) >= 11 is 0. The molecule has 0 aliphatic rings. The lowest BCUT2D eigenvalue weighted by Crippen LogP contribution is -2.46. The average Bonchev–Trinajstić information content (AvgIpc) is 2.71. The molecule has 0 aliphatic heterocycles. The second kappa shape index (κ2) is 9.71. The molecule has 9 heteroatoms. The Labute approximate surface area is 171 Å². The summed E-state index contributed by atoms with van der Waals surface area (Å²) in [5, 5.41) is 2.86. The fourth-order valence-corrected chi connectivity index (χ4v) is 3.80. The van der Waals surface area contributed by atoms with Crippen LogP contribution in [0.3, 0.4) is 0 Å². The first kappa shape index (κ1) is 22.6. The van der Waals surface area contributed by atoms with Crippen molar-refractivity contribution in [1.82, 2.24) is 9.62 Å². The van der Waals surface area contributed by atoms with Crippen LogP contribution >= 0.6 is 0 Å². The number of carbonyl (C=O) groups is 1. The van der Waals surface area contributed by atoms with Crippen molar-refractivity contribution in [3.63, 3.8) is 0 Å². The van der Waals surface area contributed by atoms with E-state index < -0.39 is 28.5 Å². The number of nitrogens with zero attached hydrogens (tertiary/aromatic N) is 2. The molecule has 1 amide bonds. The van der Waals surface area contributed by atoms with Gasteiger partial charge in [0.25, 0.3) is 0 Å². The fourth-order valence-electron chi connectivity index (χ4n) is 2.74. The zero-order valence-electron chi connectivity index (χ0n) is 16.9. The molecule has 1 N–H and O–H groups in total. The second-order valence-electron chi connectivity index (χ2n) is 6.57. The van der Waals surface area contributed by atoms with Crippen molar-refractivity contribution in [2.24, 2.45) is 0 Å². The number of halogens is 1. The number of carbonyl (C=O) groups excluding carboxylic acids is 1. The molecule has 0 saturated heterocycles. The van der Waals surface area contributed by atoms with E-state index in [2.05, 4.69) is 5.32 Å². The highest BCUT2D eigenvalue weighted by atomic mass is 32.2. The van der Waals surface area contributed by atoms with E-state index in [4.69, 9.17) is 4.74 Å². The molecule has 0 bridgehead atoms. The predicted molar refractivity (Wildman–Crippen MR) is 111 cm³/mol. The van der Waals surface area contributed by atoms with E-state index in [1.54, 1.807) is 19.2 Å². The van der Waals surface area contributed by atoms with Crippen LogP contribution in [0.15, 0.2) is 48.5 Å². The van der Waals surface area contributed by atoms with E-state index >= 15 is 0 Å². The molecule has 7 nitrogen and oxygen atoms in total. The molecular weight excluding hydrogens is 397 g/mol. The van der Waals surface area contributed by atoms with Gasteiger partial charge in [0.1, 0.15) is 18.1 Å². The highest BCUT2D eigenvalue weighted by Crippen LogP contribution is 2.22. The number of amides is 1. The van der Waals surface area contributed by atoms with Gasteiger partial charge < -0.3 is 10.1 Å². The van der Waals surface area contributed by atoms with Gasteiger partial charge in [-0.25, -0.2) is 8.70 Å². The average molecular weight is 424 g/mol. The molecule has 2 aromatic carbocycles. The third kappa shape index (κ3) is 5.68. The van der Waals surface area contributed by atoms with E-state index in [1.165, 1.54) is 26.2 Å². The molecule has 0 fully saturated rings. The molecule has 0 spiro atoms. The van der Waals surface area contributed by atoms with Crippen LogP contribution in [-0.2, 0) is 15.0 Å². The van der Waals surface area contributed by atoms with Crippen molar-refractivity contribution in [3.05, 3.63) is 59.9 Å². The molecule has 1 atom stereocenters. The number of rotatable bonds is 9. The van der Waals surface area contributed by atoms with Crippen molar-refractivity contribution >= 4 is 21.8 Å². The summed E-state index contributed by atoms with van der Waals surface area (Å²) in [4.78, 5) is 12.7. The van der Waals surface area contributed by atoms with E-state index in [-0.39, 0.29) is 11.7 Å². The van der Waals surface area contributed by atoms with Crippen LogP contribution < -0.4 is 14.4 Å². The Hall–Kier alpha value is -2.65. The van der Waals surface area contributed by atoms with Crippen molar-refractivity contribution in [2.75, 3.05) is 32.1 Å². The Bertz CT molecular complexity index is 916. The molecule has 2 rings (SSSR count). The number of nitrogens with one attached hydrogen (secondary N) is 1. The standard InChI is InChI=1S/C20H26FN3O4S/c1-5-19(15-6-12-18(28-4)13-7-15)22-20(25)14-24(29(26,27)23(2)3)17-10-8-16(21)9-11-17/h6-13,19H,5,14H2,1-4H3,(H,22,25). The van der Waals surface area contributed by atoms with Crippen LogP contribution in [0, 0.1) is 5.82 Å². The number of benzene rings is 2. The van der Waals surface area contributed by atoms with Crippen molar-refractivity contribution < 1.29 is 22.3 Å². The number of hydrogen-bond acceptors (Lipinski definition) is 4. The molecule has 0 aromatic heterocycles. The third-order valence-electron chi connectivity index (χ3n) is 4.40. The largest absolute Gasteiger partial charge is 0.497 e. The Kier molecular flexibility index (Phi) is 7.58. The lowest BCUT2D eigenvalue weighted by molar-refractivity contribution is -0.120. The van der Waals surface area contributed by atoms with Crippen LogP contribution in [0.1, 0.15) is 24.9 Å². The first-order valence-corrected chi connectivity index (χ1v) is 10.5. The lowest BCUT2D eigenvalue weighted by atomic mass is 10.0. The summed E-state index contributed by atoms with van der Waals surface area (Å²) in [7, 11) is 0.365. The molecule has 1 unspecified atom stereocenters. The Morgan fingerprint density at radius 3 is 2.17 bits per heavy atom. The normalized spacial score (nSPS) is 12.5. The summed E-state index contributed by atoms with van der Waals surface area (Å²) in [6.07, 6.45) is 0.620. The Morgan fingerprint density at radius 1 is 1.10 bits per heavy atom. The van der Waals surface area contributed by atoms with Crippen molar-refractivity contribution in [1.29, 1.82) is 0 Å². The minimum atomic E-state index is -3.95. The molecule has 0 aliphatic carbocycles. The number of hydrogen-bond donors (Lipinski definition) is 1. The maximum atomic E-state index is 13.3. The minimum absolute atomic E-state index is 0.202. The third-order valence-corrected chi connectivity index (χ3v) is 6.22. The van der Waals surface area contributed by atoms with Crippen molar-refractivity contribution in [3.8, 4) is 5.75 Å². The van der Waals surface area contributed by atoms with Gasteiger partial charge in [0, 0.05) is 14.1 Å². The van der Waals surface area contributed by atoms with Crippen LogP contribution in [0.2, 0.25) is 0 Å². The number of anilines is 1. The fraction of sp³-hybridized carbons (Fsp3) is 0.350. The van der Waals surface area contributed by atoms with Crippen molar-refractivity contribution in [2.45, 2.75) is 19.4 Å². The highest BCUT2D eigenvalue weighted by molar-refractivity contribution is 7.90. The minimum Gasteiger partial charge on any atom is -0.497 e. The summed E-state index contributed by atoms with van der Waals surface area (Å²) < 4.78 is 45.8. The first-order valence-electron chi connectivity index (χ1n) is 9.08. The van der Waals surface area contributed by atoms with Gasteiger partial charge in [-0.15, -0.1) is 0 Å². The SMILES string of the molecule is CCC(NC(=O)CN(c1ccc(F)cc1)S(=O)(=O)N(C)C)c1ccc(OC)cc1. The topological polar surface area (TPSA) is 79.0 Å². The number of ether oxygens (including phenoxy) is 1. The van der Waals surface area contributed by atoms with Gasteiger partial charge in [-0.2, -0.15) is 12.7 Å². The van der Waals surface area contributed by atoms with Crippen LogP contribution in [0.25, 0.3) is 0 Å². The lowest BCUT2D eigenvalue weighted by Gasteiger charge is -2.28.